The van der Waals surface area contributed by atoms with Crippen LogP contribution in [-0.2, 0) is 9.53 Å². The molecule has 2 aliphatic heterocycles. The summed E-state index contributed by atoms with van der Waals surface area (Å²) in [4.78, 5) is 14.2. The van der Waals surface area contributed by atoms with Crippen molar-refractivity contribution in [3.8, 4) is 0 Å². The number of hydrogen-bond donors (Lipinski definition) is 1. The average Bonchev–Trinajstić information content (AvgIpc) is 3.30. The van der Waals surface area contributed by atoms with Crippen LogP contribution in [0.25, 0.3) is 0 Å². The molecule has 0 bridgehead atoms. The van der Waals surface area contributed by atoms with Gasteiger partial charge in [-0.2, -0.15) is 5.10 Å². The number of rotatable bonds is 4. The number of morpholine rings is 1. The Morgan fingerprint density at radius 1 is 1.19 bits per heavy atom. The monoisotopic (exact) mass is 354 g/mol. The molecule has 2 aliphatic rings. The first-order valence-electron chi connectivity index (χ1n) is 9.13. The summed E-state index contributed by atoms with van der Waals surface area (Å²) in [5.74, 6) is 1.67. The maximum atomic E-state index is 13.0. The van der Waals surface area contributed by atoms with Gasteiger partial charge in [-0.3, -0.25) is 4.79 Å². The van der Waals surface area contributed by atoms with Gasteiger partial charge in [-0.25, -0.2) is 5.01 Å². The van der Waals surface area contributed by atoms with Crippen molar-refractivity contribution in [3.63, 3.8) is 0 Å². The molecule has 6 nitrogen and oxygen atoms in total. The number of nitrogens with zero attached hydrogens (tertiary/aromatic N) is 2. The van der Waals surface area contributed by atoms with Crippen molar-refractivity contribution in [3.05, 3.63) is 59.5 Å². The zero-order valence-corrected chi connectivity index (χ0v) is 15.0. The van der Waals surface area contributed by atoms with Crippen molar-refractivity contribution in [1.29, 1.82) is 0 Å². The molecule has 1 saturated heterocycles. The summed E-state index contributed by atoms with van der Waals surface area (Å²) >= 11 is 0. The van der Waals surface area contributed by atoms with E-state index in [0.29, 0.717) is 26.2 Å². The van der Waals surface area contributed by atoms with Gasteiger partial charge in [0.15, 0.2) is 6.54 Å². The highest BCUT2D eigenvalue weighted by atomic mass is 16.5. The summed E-state index contributed by atoms with van der Waals surface area (Å²) in [5, 5.41) is 6.31. The number of nitrogens with one attached hydrogen (secondary N) is 1. The maximum absolute atomic E-state index is 13.0. The van der Waals surface area contributed by atoms with Crippen LogP contribution in [0.5, 0.6) is 0 Å². The minimum atomic E-state index is -0.174. The lowest BCUT2D eigenvalue weighted by Crippen LogP contribution is -3.15. The quantitative estimate of drug-likeness (QED) is 0.897. The number of quaternary nitrogens is 1. The molecule has 1 aromatic heterocycles. The Kier molecular flexibility index (Phi) is 4.86. The molecule has 26 heavy (non-hydrogen) atoms. The zero-order chi connectivity index (χ0) is 17.9. The molecule has 4 rings (SSSR count). The van der Waals surface area contributed by atoms with Gasteiger partial charge >= 0.3 is 0 Å². The lowest BCUT2D eigenvalue weighted by atomic mass is 10.0. The molecule has 6 heteroatoms. The number of hydrogen-bond acceptors (Lipinski definition) is 4. The van der Waals surface area contributed by atoms with E-state index in [2.05, 4.69) is 5.10 Å². The van der Waals surface area contributed by atoms with E-state index in [4.69, 9.17) is 9.15 Å². The lowest BCUT2D eigenvalue weighted by molar-refractivity contribution is -0.900. The fraction of sp³-hybridized carbons (Fsp3) is 0.400. The summed E-state index contributed by atoms with van der Waals surface area (Å²) in [7, 11) is 0. The Balaban J connectivity index is 1.58. The van der Waals surface area contributed by atoms with Crippen molar-refractivity contribution >= 4 is 11.6 Å². The number of carbonyl (C=O) groups excluding carboxylic acids is 1. The number of aryl methyl sites for hydroxylation is 1. The normalized spacial score (nSPS) is 21.0. The Bertz CT molecular complexity index is 794. The molecule has 1 fully saturated rings. The fourth-order valence-electron chi connectivity index (χ4n) is 3.53. The van der Waals surface area contributed by atoms with E-state index in [1.165, 1.54) is 4.90 Å². The highest BCUT2D eigenvalue weighted by Crippen LogP contribution is 2.33. The molecule has 1 aromatic carbocycles. The van der Waals surface area contributed by atoms with Gasteiger partial charge in [0.1, 0.15) is 30.7 Å². The third-order valence-electron chi connectivity index (χ3n) is 4.96. The molecule has 0 aliphatic carbocycles. The van der Waals surface area contributed by atoms with Gasteiger partial charge in [0, 0.05) is 6.42 Å². The van der Waals surface area contributed by atoms with Crippen LogP contribution < -0.4 is 4.90 Å². The van der Waals surface area contributed by atoms with Crippen molar-refractivity contribution < 1.29 is 18.8 Å². The number of ether oxygens (including phenoxy) is 1. The third-order valence-corrected chi connectivity index (χ3v) is 4.96. The Morgan fingerprint density at radius 3 is 2.65 bits per heavy atom. The van der Waals surface area contributed by atoms with Crippen LogP contribution in [0, 0.1) is 6.92 Å². The van der Waals surface area contributed by atoms with Crippen LogP contribution in [0.3, 0.4) is 0 Å². The van der Waals surface area contributed by atoms with E-state index in [1.807, 2.05) is 49.4 Å². The van der Waals surface area contributed by atoms with E-state index in [-0.39, 0.29) is 11.9 Å². The predicted octanol–water partition coefficient (Wildman–Crippen LogP) is 1.18. The third kappa shape index (κ3) is 3.57. The number of benzene rings is 1. The maximum Gasteiger partial charge on any atom is 0.298 e. The largest absolute Gasteiger partial charge is 0.464 e. The molecular formula is C20H24N3O3+. The molecule has 1 atom stereocenters. The van der Waals surface area contributed by atoms with Crippen molar-refractivity contribution in [2.75, 3.05) is 32.8 Å². The standard InChI is InChI=1S/C20H23N3O3/c1-15-7-8-19(26-15)18-13-17(16-5-3-2-4-6-16)21-23(18)20(24)14-22-9-11-25-12-10-22/h2-8,18H,9-14H2,1H3/p+1/t18-/m0/s1. The van der Waals surface area contributed by atoms with Gasteiger partial charge in [0.25, 0.3) is 5.91 Å². The van der Waals surface area contributed by atoms with Gasteiger partial charge in [0.05, 0.1) is 18.9 Å². The predicted molar refractivity (Wildman–Crippen MR) is 97.0 cm³/mol. The molecule has 1 N–H and O–H groups in total. The number of amides is 1. The molecule has 0 unspecified atom stereocenters. The first kappa shape index (κ1) is 17.0. The number of carbonyl (C=O) groups is 1. The van der Waals surface area contributed by atoms with Gasteiger partial charge in [-0.1, -0.05) is 30.3 Å². The van der Waals surface area contributed by atoms with E-state index in [1.54, 1.807) is 5.01 Å². The first-order valence-corrected chi connectivity index (χ1v) is 9.13. The average molecular weight is 354 g/mol. The second-order valence-corrected chi connectivity index (χ2v) is 6.86. The highest BCUT2D eigenvalue weighted by molar-refractivity contribution is 6.03. The van der Waals surface area contributed by atoms with Crippen LogP contribution in [0.4, 0.5) is 0 Å². The fourth-order valence-corrected chi connectivity index (χ4v) is 3.53. The number of hydrazone groups is 1. The van der Waals surface area contributed by atoms with Gasteiger partial charge in [-0.05, 0) is 24.6 Å². The van der Waals surface area contributed by atoms with E-state index in [9.17, 15) is 4.79 Å². The molecular weight excluding hydrogens is 330 g/mol. The van der Waals surface area contributed by atoms with Crippen molar-refractivity contribution in [1.82, 2.24) is 5.01 Å². The topological polar surface area (TPSA) is 59.5 Å². The molecule has 3 heterocycles. The minimum absolute atomic E-state index is 0.0342. The lowest BCUT2D eigenvalue weighted by Gasteiger charge is -2.26. The van der Waals surface area contributed by atoms with E-state index < -0.39 is 0 Å². The Labute approximate surface area is 153 Å². The summed E-state index contributed by atoms with van der Waals surface area (Å²) in [6, 6.07) is 13.7. The van der Waals surface area contributed by atoms with Crippen LogP contribution in [0.1, 0.15) is 29.5 Å². The zero-order valence-electron chi connectivity index (χ0n) is 15.0. The summed E-state index contributed by atoms with van der Waals surface area (Å²) in [6.07, 6.45) is 0.668. The van der Waals surface area contributed by atoms with Crippen LogP contribution in [0.2, 0.25) is 0 Å². The second-order valence-electron chi connectivity index (χ2n) is 6.86. The molecule has 0 radical (unpaired) electrons. The highest BCUT2D eigenvalue weighted by Gasteiger charge is 2.36. The summed E-state index contributed by atoms with van der Waals surface area (Å²) in [6.45, 7) is 5.50. The molecule has 0 saturated carbocycles. The summed E-state index contributed by atoms with van der Waals surface area (Å²) in [5.41, 5.74) is 1.98. The van der Waals surface area contributed by atoms with Crippen LogP contribution in [0.15, 0.2) is 52.0 Å². The smallest absolute Gasteiger partial charge is 0.298 e. The SMILES string of the molecule is Cc1ccc([C@@H]2CC(c3ccccc3)=NN2C(=O)C[NH+]2CCOCC2)o1. The second kappa shape index (κ2) is 7.43. The molecule has 0 spiro atoms. The van der Waals surface area contributed by atoms with Crippen molar-refractivity contribution in [2.45, 2.75) is 19.4 Å². The van der Waals surface area contributed by atoms with Gasteiger partial charge < -0.3 is 14.1 Å². The Hall–Kier alpha value is -2.44. The first-order chi connectivity index (χ1) is 12.7. The molecule has 136 valence electrons. The Morgan fingerprint density at radius 2 is 1.96 bits per heavy atom. The van der Waals surface area contributed by atoms with Crippen molar-refractivity contribution in [2.24, 2.45) is 5.10 Å². The number of furan rings is 1. The van der Waals surface area contributed by atoms with Crippen LogP contribution >= 0.6 is 0 Å². The molecule has 1 amide bonds. The van der Waals surface area contributed by atoms with Crippen LogP contribution in [-0.4, -0.2) is 49.5 Å². The van der Waals surface area contributed by atoms with E-state index >= 15 is 0 Å². The summed E-state index contributed by atoms with van der Waals surface area (Å²) < 4.78 is 11.2. The van der Waals surface area contributed by atoms with Gasteiger partial charge in [-0.15, -0.1) is 0 Å². The molecule has 2 aromatic rings. The van der Waals surface area contributed by atoms with Gasteiger partial charge in [0.2, 0.25) is 0 Å². The minimum Gasteiger partial charge on any atom is -0.464 e. The van der Waals surface area contributed by atoms with E-state index in [0.717, 1.165) is 35.9 Å².